The van der Waals surface area contributed by atoms with Gasteiger partial charge in [0.1, 0.15) is 18.1 Å². The molecule has 172 valence electrons. The summed E-state index contributed by atoms with van der Waals surface area (Å²) in [7, 11) is -0.530. The maximum atomic E-state index is 6.08. The number of rotatable bonds is 6. The summed E-state index contributed by atoms with van der Waals surface area (Å²) in [5.41, 5.74) is 3.84. The fraction of sp³-hybridized carbons (Fsp3) is 0.172. The Morgan fingerprint density at radius 1 is 0.765 bits per heavy atom. The SMILES string of the molecule is c1ccc2c(c1)-c1ccccc1[SH]2c1ccc(OCc2ccc(OC3CSCCO3)cc2)cc1. The summed E-state index contributed by atoms with van der Waals surface area (Å²) in [6.45, 7) is 1.27. The third-order valence-corrected chi connectivity index (χ3v) is 9.58. The van der Waals surface area contributed by atoms with Crippen LogP contribution in [0.5, 0.6) is 11.5 Å². The predicted octanol–water partition coefficient (Wildman–Crippen LogP) is 7.19. The van der Waals surface area contributed by atoms with E-state index in [4.69, 9.17) is 14.2 Å². The van der Waals surface area contributed by atoms with Crippen LogP contribution in [0.1, 0.15) is 5.56 Å². The molecule has 0 spiro atoms. The summed E-state index contributed by atoms with van der Waals surface area (Å²) in [5, 5.41) is 0. The average Bonchev–Trinajstić information content (AvgIpc) is 3.24. The molecule has 2 heterocycles. The average molecular weight is 487 g/mol. The van der Waals surface area contributed by atoms with Gasteiger partial charge in [-0.15, -0.1) is 0 Å². The van der Waals surface area contributed by atoms with Gasteiger partial charge in [-0.2, -0.15) is 22.7 Å². The minimum Gasteiger partial charge on any atom is -0.489 e. The Morgan fingerprint density at radius 2 is 1.41 bits per heavy atom. The number of fused-ring (bicyclic) bond motifs is 3. The van der Waals surface area contributed by atoms with Gasteiger partial charge >= 0.3 is 0 Å². The maximum Gasteiger partial charge on any atom is 0.208 e. The Hall–Kier alpha value is -2.86. The Morgan fingerprint density at radius 3 is 2.06 bits per heavy atom. The van der Waals surface area contributed by atoms with Crippen LogP contribution in [0, 0.1) is 0 Å². The first-order valence-corrected chi connectivity index (χ1v) is 14.0. The van der Waals surface area contributed by atoms with Crippen molar-refractivity contribution in [3.05, 3.63) is 103 Å². The second-order valence-corrected chi connectivity index (χ2v) is 11.6. The molecule has 0 saturated carbocycles. The lowest BCUT2D eigenvalue weighted by molar-refractivity contribution is -0.0611. The fourth-order valence-electron chi connectivity index (χ4n) is 4.41. The van der Waals surface area contributed by atoms with Gasteiger partial charge in [-0.1, -0.05) is 48.5 Å². The molecule has 1 fully saturated rings. The Labute approximate surface area is 207 Å². The van der Waals surface area contributed by atoms with Crippen LogP contribution in [0.4, 0.5) is 0 Å². The first-order chi connectivity index (χ1) is 16.8. The first kappa shape index (κ1) is 21.7. The van der Waals surface area contributed by atoms with Gasteiger partial charge in [-0.05, 0) is 70.1 Å². The minimum atomic E-state index is -0.530. The molecule has 1 unspecified atom stereocenters. The van der Waals surface area contributed by atoms with E-state index in [2.05, 4.69) is 84.9 Å². The quantitative estimate of drug-likeness (QED) is 0.257. The summed E-state index contributed by atoms with van der Waals surface area (Å²) in [5.74, 6) is 3.63. The van der Waals surface area contributed by atoms with E-state index in [9.17, 15) is 0 Å². The molecule has 0 aromatic heterocycles. The van der Waals surface area contributed by atoms with E-state index < -0.39 is 10.9 Å². The molecule has 0 aliphatic carbocycles. The molecular weight excluding hydrogens is 460 g/mol. The van der Waals surface area contributed by atoms with Crippen molar-refractivity contribution in [2.45, 2.75) is 27.6 Å². The van der Waals surface area contributed by atoms with Gasteiger partial charge in [0.25, 0.3) is 0 Å². The van der Waals surface area contributed by atoms with Crippen LogP contribution >= 0.6 is 22.7 Å². The highest BCUT2D eigenvalue weighted by molar-refractivity contribution is 8.17. The van der Waals surface area contributed by atoms with Gasteiger partial charge in [0.2, 0.25) is 6.29 Å². The molecular formula is C29H26O3S2. The summed E-state index contributed by atoms with van der Waals surface area (Å²) in [4.78, 5) is 4.23. The number of hydrogen-bond acceptors (Lipinski definition) is 4. The van der Waals surface area contributed by atoms with Crippen molar-refractivity contribution >= 4 is 22.7 Å². The lowest BCUT2D eigenvalue weighted by atomic mass is 10.1. The minimum absolute atomic E-state index is 0.153. The summed E-state index contributed by atoms with van der Waals surface area (Å²) >= 11 is 1.86. The molecule has 2 aliphatic rings. The molecule has 1 atom stereocenters. The third-order valence-electron chi connectivity index (χ3n) is 6.06. The van der Waals surface area contributed by atoms with E-state index >= 15 is 0 Å². The van der Waals surface area contributed by atoms with E-state index in [-0.39, 0.29) is 6.29 Å². The monoisotopic (exact) mass is 486 g/mol. The van der Waals surface area contributed by atoms with E-state index in [0.717, 1.165) is 35.2 Å². The second kappa shape index (κ2) is 9.79. The molecule has 2 aliphatic heterocycles. The maximum absolute atomic E-state index is 6.08. The summed E-state index contributed by atoms with van der Waals surface area (Å²) < 4.78 is 17.6. The summed E-state index contributed by atoms with van der Waals surface area (Å²) in [6, 6.07) is 34.3. The molecule has 4 aromatic carbocycles. The number of hydrogen-bond donors (Lipinski definition) is 1. The molecule has 0 N–H and O–H groups in total. The number of thioether (sulfide) groups is 1. The molecule has 0 amide bonds. The number of benzene rings is 4. The van der Waals surface area contributed by atoms with E-state index in [1.54, 1.807) is 0 Å². The second-order valence-electron chi connectivity index (χ2n) is 8.29. The first-order valence-electron chi connectivity index (χ1n) is 11.5. The van der Waals surface area contributed by atoms with Crippen molar-refractivity contribution in [1.82, 2.24) is 0 Å². The molecule has 6 rings (SSSR count). The predicted molar refractivity (Wildman–Crippen MR) is 141 cm³/mol. The van der Waals surface area contributed by atoms with Crippen LogP contribution in [0.25, 0.3) is 11.1 Å². The van der Waals surface area contributed by atoms with Gasteiger partial charge in [-0.3, -0.25) is 0 Å². The molecule has 3 nitrogen and oxygen atoms in total. The molecule has 0 radical (unpaired) electrons. The molecule has 5 heteroatoms. The van der Waals surface area contributed by atoms with Crippen LogP contribution in [-0.2, 0) is 11.3 Å². The third kappa shape index (κ3) is 4.43. The van der Waals surface area contributed by atoms with Crippen LogP contribution < -0.4 is 9.47 Å². The van der Waals surface area contributed by atoms with Gasteiger partial charge in [-0.25, -0.2) is 0 Å². The number of thiol groups is 1. The highest BCUT2D eigenvalue weighted by Crippen LogP contribution is 2.62. The highest BCUT2D eigenvalue weighted by atomic mass is 32.2. The molecule has 1 saturated heterocycles. The van der Waals surface area contributed by atoms with Gasteiger partial charge in [0.05, 0.1) is 12.4 Å². The highest BCUT2D eigenvalue weighted by Gasteiger charge is 2.26. The van der Waals surface area contributed by atoms with Crippen molar-refractivity contribution < 1.29 is 14.2 Å². The zero-order valence-electron chi connectivity index (χ0n) is 18.7. The Balaban J connectivity index is 1.12. The van der Waals surface area contributed by atoms with Gasteiger partial charge in [0, 0.05) is 15.5 Å². The summed E-state index contributed by atoms with van der Waals surface area (Å²) in [6.07, 6.45) is -0.153. The van der Waals surface area contributed by atoms with Gasteiger partial charge < -0.3 is 14.2 Å². The molecule has 0 bridgehead atoms. The molecule has 4 aromatic rings. The molecule has 34 heavy (non-hydrogen) atoms. The lowest BCUT2D eigenvalue weighted by Crippen LogP contribution is -2.28. The van der Waals surface area contributed by atoms with E-state index in [1.165, 1.54) is 25.8 Å². The van der Waals surface area contributed by atoms with Crippen molar-refractivity contribution in [3.63, 3.8) is 0 Å². The van der Waals surface area contributed by atoms with Crippen LogP contribution in [0.2, 0.25) is 0 Å². The van der Waals surface area contributed by atoms with Crippen LogP contribution in [-0.4, -0.2) is 24.4 Å². The number of ether oxygens (including phenoxy) is 3. The van der Waals surface area contributed by atoms with Crippen molar-refractivity contribution in [2.75, 3.05) is 18.1 Å². The standard InChI is InChI=1S/C29H26O3S2/c1-3-7-27-25(5-1)26-6-2-4-8-28(26)34(27)24-15-13-22(14-16-24)31-19-21-9-11-23(12-10-21)32-29-20-33-18-17-30-29/h1-16,29,34H,17-20H2. The van der Waals surface area contributed by atoms with Crippen LogP contribution in [0.3, 0.4) is 0 Å². The Kier molecular flexibility index (Phi) is 6.23. The topological polar surface area (TPSA) is 27.7 Å². The normalized spacial score (nSPS) is 17.6. The van der Waals surface area contributed by atoms with E-state index in [1.807, 2.05) is 23.9 Å². The van der Waals surface area contributed by atoms with Crippen molar-refractivity contribution in [1.29, 1.82) is 0 Å². The van der Waals surface area contributed by atoms with Gasteiger partial charge in [0.15, 0.2) is 0 Å². The Bertz CT molecular complexity index is 1220. The van der Waals surface area contributed by atoms with Crippen LogP contribution in [0.15, 0.2) is 112 Å². The smallest absolute Gasteiger partial charge is 0.208 e. The van der Waals surface area contributed by atoms with Crippen molar-refractivity contribution in [3.8, 4) is 22.6 Å². The van der Waals surface area contributed by atoms with E-state index in [0.29, 0.717) is 6.61 Å². The lowest BCUT2D eigenvalue weighted by Gasteiger charge is -2.23. The van der Waals surface area contributed by atoms with Crippen molar-refractivity contribution in [2.24, 2.45) is 0 Å². The zero-order chi connectivity index (χ0) is 22.7. The zero-order valence-corrected chi connectivity index (χ0v) is 20.4. The fourth-order valence-corrected chi connectivity index (χ4v) is 7.75. The largest absolute Gasteiger partial charge is 0.489 e.